The van der Waals surface area contributed by atoms with E-state index in [2.05, 4.69) is 10.3 Å². The molecule has 0 spiro atoms. The van der Waals surface area contributed by atoms with Gasteiger partial charge in [-0.3, -0.25) is 14.2 Å². The number of rotatable bonds is 6. The number of carbonyl (C=O) groups excluding carboxylic acids is 2. The van der Waals surface area contributed by atoms with Gasteiger partial charge in [-0.2, -0.15) is 0 Å². The molecule has 0 atom stereocenters. The number of nitrogens with one attached hydrogen (secondary N) is 1. The molecule has 0 saturated carbocycles. The number of nitrogens with zero attached hydrogens (tertiary/aromatic N) is 2. The largest absolute Gasteiger partial charge is 0.462 e. The maximum absolute atomic E-state index is 12.8. The van der Waals surface area contributed by atoms with Gasteiger partial charge in [0.25, 0.3) is 5.56 Å². The molecule has 0 saturated heterocycles. The van der Waals surface area contributed by atoms with Gasteiger partial charge in [-0.15, -0.1) is 11.3 Å². The Labute approximate surface area is 181 Å². The summed E-state index contributed by atoms with van der Waals surface area (Å²) in [5, 5.41) is 3.92. The predicted molar refractivity (Wildman–Crippen MR) is 119 cm³/mol. The highest BCUT2D eigenvalue weighted by Gasteiger charge is 2.23. The summed E-state index contributed by atoms with van der Waals surface area (Å²) >= 11 is 1.33. The van der Waals surface area contributed by atoms with E-state index in [1.54, 1.807) is 13.0 Å². The molecule has 3 aromatic heterocycles. The van der Waals surface area contributed by atoms with Gasteiger partial charge in [0, 0.05) is 10.3 Å². The van der Waals surface area contributed by atoms with Crippen molar-refractivity contribution in [3.05, 3.63) is 57.0 Å². The van der Waals surface area contributed by atoms with Crippen LogP contribution in [0.4, 0.5) is 5.00 Å². The maximum Gasteiger partial charge on any atom is 0.341 e. The summed E-state index contributed by atoms with van der Waals surface area (Å²) in [5.74, 6) is -0.928. The van der Waals surface area contributed by atoms with Gasteiger partial charge in [-0.1, -0.05) is 19.1 Å². The van der Waals surface area contributed by atoms with Crippen molar-refractivity contribution in [3.8, 4) is 0 Å². The first-order valence-corrected chi connectivity index (χ1v) is 10.7. The summed E-state index contributed by atoms with van der Waals surface area (Å²) in [4.78, 5) is 43.2. The second-order valence-electron chi connectivity index (χ2n) is 6.93. The van der Waals surface area contributed by atoms with Gasteiger partial charge >= 0.3 is 5.97 Å². The van der Waals surface area contributed by atoms with Gasteiger partial charge in [-0.25, -0.2) is 9.78 Å². The first-order valence-electron chi connectivity index (χ1n) is 9.90. The number of anilines is 1. The highest BCUT2D eigenvalue weighted by molar-refractivity contribution is 7.17. The fourth-order valence-corrected chi connectivity index (χ4v) is 4.63. The Morgan fingerprint density at radius 2 is 2.03 bits per heavy atom. The summed E-state index contributed by atoms with van der Waals surface area (Å²) in [6.45, 7) is 5.52. The van der Waals surface area contributed by atoms with E-state index in [9.17, 15) is 14.4 Å². The van der Waals surface area contributed by atoms with Crippen LogP contribution < -0.4 is 10.9 Å². The molecule has 9 heteroatoms. The minimum absolute atomic E-state index is 0.101. The first kappa shape index (κ1) is 20.8. The van der Waals surface area contributed by atoms with Crippen LogP contribution in [-0.2, 0) is 22.5 Å². The van der Waals surface area contributed by atoms with Crippen molar-refractivity contribution < 1.29 is 18.7 Å². The first-order chi connectivity index (χ1) is 14.9. The van der Waals surface area contributed by atoms with E-state index in [-0.39, 0.29) is 18.7 Å². The van der Waals surface area contributed by atoms with Crippen molar-refractivity contribution in [2.75, 3.05) is 11.9 Å². The van der Waals surface area contributed by atoms with E-state index in [0.29, 0.717) is 21.7 Å². The molecule has 0 aliphatic heterocycles. The summed E-state index contributed by atoms with van der Waals surface area (Å²) in [6, 6.07) is 7.24. The van der Waals surface area contributed by atoms with Gasteiger partial charge in [0.15, 0.2) is 0 Å². The van der Waals surface area contributed by atoms with Crippen LogP contribution in [0.3, 0.4) is 0 Å². The summed E-state index contributed by atoms with van der Waals surface area (Å²) in [5.41, 5.74) is 1.83. The molecule has 0 radical (unpaired) electrons. The average Bonchev–Trinajstić information content (AvgIpc) is 3.28. The zero-order chi connectivity index (χ0) is 22.1. The highest BCUT2D eigenvalue weighted by Crippen LogP contribution is 2.34. The molecule has 0 bridgehead atoms. The topological polar surface area (TPSA) is 103 Å². The van der Waals surface area contributed by atoms with Crippen LogP contribution in [0.1, 0.15) is 34.6 Å². The van der Waals surface area contributed by atoms with Crippen LogP contribution in [-0.4, -0.2) is 28.0 Å². The molecule has 160 valence electrons. The number of aryl methyl sites for hydroxylation is 1. The molecule has 3 heterocycles. The molecular weight excluding hydrogens is 418 g/mol. The Balaban J connectivity index is 1.63. The molecule has 1 N–H and O–H groups in total. The Bertz CT molecular complexity index is 1360. The number of hydrogen-bond donors (Lipinski definition) is 1. The Morgan fingerprint density at radius 3 is 2.77 bits per heavy atom. The molecule has 0 aliphatic carbocycles. The van der Waals surface area contributed by atoms with Gasteiger partial charge in [0.1, 0.15) is 22.6 Å². The Hall–Kier alpha value is -3.46. The number of aromatic nitrogens is 2. The van der Waals surface area contributed by atoms with Gasteiger partial charge in [0.2, 0.25) is 11.5 Å². The Morgan fingerprint density at radius 1 is 1.26 bits per heavy atom. The van der Waals surface area contributed by atoms with Crippen molar-refractivity contribution in [2.24, 2.45) is 0 Å². The lowest BCUT2D eigenvalue weighted by atomic mass is 10.1. The van der Waals surface area contributed by atoms with Crippen LogP contribution in [0.5, 0.6) is 0 Å². The standard InChI is InChI=1S/C22H21N3O5S/c1-4-15-12(3)17(22(28)29-5-2)20(31-15)24-16(26)10-25-11-23-18-13-8-6-7-9-14(13)30-19(18)21(25)27/h6-9,11H,4-5,10H2,1-3H3,(H,24,26). The van der Waals surface area contributed by atoms with Crippen LogP contribution in [0.15, 0.2) is 39.8 Å². The van der Waals surface area contributed by atoms with Gasteiger partial charge in [-0.05, 0) is 38.0 Å². The highest BCUT2D eigenvalue weighted by atomic mass is 32.1. The van der Waals surface area contributed by atoms with Crippen LogP contribution in [0.2, 0.25) is 0 Å². The van der Waals surface area contributed by atoms with Crippen molar-refractivity contribution >= 4 is 50.3 Å². The van der Waals surface area contributed by atoms with Crippen LogP contribution in [0, 0.1) is 6.92 Å². The monoisotopic (exact) mass is 439 g/mol. The summed E-state index contributed by atoms with van der Waals surface area (Å²) in [6.07, 6.45) is 2.06. The summed E-state index contributed by atoms with van der Waals surface area (Å²) in [7, 11) is 0. The van der Waals surface area contributed by atoms with Crippen molar-refractivity contribution in [3.63, 3.8) is 0 Å². The predicted octanol–water partition coefficient (Wildman–Crippen LogP) is 3.89. The van der Waals surface area contributed by atoms with E-state index in [1.165, 1.54) is 22.2 Å². The molecule has 4 aromatic rings. The smallest absolute Gasteiger partial charge is 0.341 e. The summed E-state index contributed by atoms with van der Waals surface area (Å²) < 4.78 is 12.0. The molecule has 1 aromatic carbocycles. The second kappa shape index (κ2) is 8.35. The lowest BCUT2D eigenvalue weighted by Gasteiger charge is -2.08. The fourth-order valence-electron chi connectivity index (χ4n) is 3.48. The van der Waals surface area contributed by atoms with Gasteiger partial charge < -0.3 is 14.5 Å². The van der Waals surface area contributed by atoms with Crippen molar-refractivity contribution in [2.45, 2.75) is 33.7 Å². The van der Waals surface area contributed by atoms with Crippen molar-refractivity contribution in [1.82, 2.24) is 9.55 Å². The quantitative estimate of drug-likeness (QED) is 0.457. The number of esters is 1. The Kier molecular flexibility index (Phi) is 5.60. The molecule has 4 rings (SSSR count). The lowest BCUT2D eigenvalue weighted by molar-refractivity contribution is -0.116. The number of amides is 1. The fraction of sp³-hybridized carbons (Fsp3) is 0.273. The minimum atomic E-state index is -0.478. The molecule has 31 heavy (non-hydrogen) atoms. The third-order valence-electron chi connectivity index (χ3n) is 4.96. The molecule has 1 amide bonds. The number of benzene rings is 1. The maximum atomic E-state index is 12.8. The number of hydrogen-bond acceptors (Lipinski definition) is 7. The zero-order valence-corrected chi connectivity index (χ0v) is 18.2. The minimum Gasteiger partial charge on any atom is -0.462 e. The van der Waals surface area contributed by atoms with Crippen molar-refractivity contribution in [1.29, 1.82) is 0 Å². The third-order valence-corrected chi connectivity index (χ3v) is 6.32. The molecule has 0 aliphatic rings. The van der Waals surface area contributed by atoms with Gasteiger partial charge in [0.05, 0.1) is 18.5 Å². The lowest BCUT2D eigenvalue weighted by Crippen LogP contribution is -2.27. The van der Waals surface area contributed by atoms with Crippen LogP contribution in [0.25, 0.3) is 22.1 Å². The SMILES string of the molecule is CCOC(=O)c1c(NC(=O)Cn2cnc3c(oc4ccccc43)c2=O)sc(CC)c1C. The number of fused-ring (bicyclic) bond motifs is 3. The van der Waals surface area contributed by atoms with E-state index in [0.717, 1.165) is 22.2 Å². The van der Waals surface area contributed by atoms with E-state index >= 15 is 0 Å². The average molecular weight is 439 g/mol. The molecular formula is C22H21N3O5S. The number of ether oxygens (including phenoxy) is 1. The number of carbonyl (C=O) groups is 2. The number of furan rings is 1. The number of para-hydroxylation sites is 1. The van der Waals surface area contributed by atoms with E-state index in [1.807, 2.05) is 32.0 Å². The molecule has 8 nitrogen and oxygen atoms in total. The molecule has 0 unspecified atom stereocenters. The zero-order valence-electron chi connectivity index (χ0n) is 17.4. The van der Waals surface area contributed by atoms with E-state index < -0.39 is 17.4 Å². The van der Waals surface area contributed by atoms with Crippen LogP contribution >= 0.6 is 11.3 Å². The second-order valence-corrected chi connectivity index (χ2v) is 8.04. The number of thiophene rings is 1. The third kappa shape index (κ3) is 3.72. The van der Waals surface area contributed by atoms with E-state index in [4.69, 9.17) is 9.15 Å². The molecule has 0 fully saturated rings. The normalized spacial score (nSPS) is 11.2.